The maximum Gasteiger partial charge on any atom is 0.303 e. The molecule has 0 aliphatic carbocycles. The minimum atomic E-state index is -0.793. The van der Waals surface area contributed by atoms with Crippen molar-refractivity contribution in [2.45, 2.75) is 25.7 Å². The number of hydrogen-bond acceptors (Lipinski definition) is 4. The Morgan fingerprint density at radius 1 is 1.19 bits per heavy atom. The average molecular weight is 293 g/mol. The zero-order chi connectivity index (χ0) is 15.4. The number of rotatable bonds is 4. The van der Waals surface area contributed by atoms with Crippen LogP contribution in [0.2, 0.25) is 0 Å². The minimum Gasteiger partial charge on any atom is -0.504 e. The summed E-state index contributed by atoms with van der Waals surface area (Å²) >= 11 is 0. The molecule has 3 N–H and O–H groups in total. The fourth-order valence-electron chi connectivity index (χ4n) is 2.63. The van der Waals surface area contributed by atoms with Crippen molar-refractivity contribution in [3.05, 3.63) is 23.8 Å². The molecule has 6 heteroatoms. The topological polar surface area (TPSA) is 98.1 Å². The first-order chi connectivity index (χ1) is 9.99. The number of piperidine rings is 1. The summed E-state index contributed by atoms with van der Waals surface area (Å²) in [5.74, 6) is -1.48. The number of likely N-dealkylation sites (tertiary alicyclic amines) is 1. The van der Waals surface area contributed by atoms with Crippen LogP contribution in [0.4, 0.5) is 0 Å². The molecule has 0 aromatic heterocycles. The van der Waals surface area contributed by atoms with Gasteiger partial charge in [0.05, 0.1) is 5.56 Å². The van der Waals surface area contributed by atoms with Gasteiger partial charge in [0.1, 0.15) is 0 Å². The SMILES string of the molecule is O=C(O)CCC1CCN(C(=O)c2cccc(O)c2O)CC1. The summed E-state index contributed by atoms with van der Waals surface area (Å²) in [4.78, 5) is 24.5. The normalized spacial score (nSPS) is 15.9. The Morgan fingerprint density at radius 2 is 1.86 bits per heavy atom. The van der Waals surface area contributed by atoms with Crippen LogP contribution < -0.4 is 0 Å². The van der Waals surface area contributed by atoms with Crippen molar-refractivity contribution in [2.24, 2.45) is 5.92 Å². The van der Waals surface area contributed by atoms with E-state index in [1.54, 1.807) is 4.90 Å². The number of phenolic OH excluding ortho intramolecular Hbond substituents is 2. The summed E-state index contributed by atoms with van der Waals surface area (Å²) in [5, 5.41) is 27.8. The van der Waals surface area contributed by atoms with Crippen LogP contribution >= 0.6 is 0 Å². The Balaban J connectivity index is 1.94. The molecule has 1 aromatic carbocycles. The van der Waals surface area contributed by atoms with Crippen LogP contribution in [0.15, 0.2) is 18.2 Å². The number of phenols is 2. The fourth-order valence-corrected chi connectivity index (χ4v) is 2.63. The molecule has 2 rings (SSSR count). The van der Waals surface area contributed by atoms with Crippen molar-refractivity contribution >= 4 is 11.9 Å². The molecule has 21 heavy (non-hydrogen) atoms. The zero-order valence-electron chi connectivity index (χ0n) is 11.7. The van der Waals surface area contributed by atoms with Gasteiger partial charge in [-0.25, -0.2) is 0 Å². The predicted octanol–water partition coefficient (Wildman–Crippen LogP) is 1.81. The quantitative estimate of drug-likeness (QED) is 0.735. The van der Waals surface area contributed by atoms with Crippen LogP contribution in [-0.4, -0.2) is 45.2 Å². The maximum atomic E-state index is 12.3. The first-order valence-corrected chi connectivity index (χ1v) is 7.01. The van der Waals surface area contributed by atoms with E-state index in [0.29, 0.717) is 25.4 Å². The summed E-state index contributed by atoms with van der Waals surface area (Å²) in [6.07, 6.45) is 2.32. The van der Waals surface area contributed by atoms with Crippen molar-refractivity contribution < 1.29 is 24.9 Å². The third-order valence-corrected chi connectivity index (χ3v) is 3.91. The molecule has 0 atom stereocenters. The Bertz CT molecular complexity index is 535. The van der Waals surface area contributed by atoms with Crippen molar-refractivity contribution in [1.82, 2.24) is 4.90 Å². The number of carbonyl (C=O) groups is 2. The number of hydrogen-bond donors (Lipinski definition) is 3. The number of aliphatic carboxylic acids is 1. The van der Waals surface area contributed by atoms with Gasteiger partial charge in [-0.3, -0.25) is 9.59 Å². The Labute approximate surface area is 122 Å². The van der Waals surface area contributed by atoms with Gasteiger partial charge in [0.15, 0.2) is 11.5 Å². The second kappa shape index (κ2) is 6.47. The number of benzene rings is 1. The number of carbonyl (C=O) groups excluding carboxylic acids is 1. The van der Waals surface area contributed by atoms with Crippen LogP contribution in [0.5, 0.6) is 11.5 Å². The second-order valence-electron chi connectivity index (χ2n) is 5.34. The largest absolute Gasteiger partial charge is 0.504 e. The Morgan fingerprint density at radius 3 is 2.48 bits per heavy atom. The van der Waals surface area contributed by atoms with E-state index < -0.39 is 11.7 Å². The highest BCUT2D eigenvalue weighted by atomic mass is 16.4. The Hall–Kier alpha value is -2.24. The van der Waals surface area contributed by atoms with Gasteiger partial charge >= 0.3 is 5.97 Å². The van der Waals surface area contributed by atoms with Crippen LogP contribution in [0.25, 0.3) is 0 Å². The van der Waals surface area contributed by atoms with Gasteiger partial charge in [0.2, 0.25) is 0 Å². The van der Waals surface area contributed by atoms with E-state index in [9.17, 15) is 19.8 Å². The third kappa shape index (κ3) is 3.65. The minimum absolute atomic E-state index is 0.0963. The molecule has 1 saturated heterocycles. The molecule has 0 unspecified atom stereocenters. The highest BCUT2D eigenvalue weighted by molar-refractivity contribution is 5.97. The lowest BCUT2D eigenvalue weighted by Crippen LogP contribution is -2.38. The average Bonchev–Trinajstić information content (AvgIpc) is 2.48. The number of para-hydroxylation sites is 1. The molecule has 0 radical (unpaired) electrons. The lowest BCUT2D eigenvalue weighted by Gasteiger charge is -2.32. The smallest absolute Gasteiger partial charge is 0.303 e. The van der Waals surface area contributed by atoms with Crippen molar-refractivity contribution in [3.8, 4) is 11.5 Å². The van der Waals surface area contributed by atoms with E-state index >= 15 is 0 Å². The summed E-state index contributed by atoms with van der Waals surface area (Å²) in [5.41, 5.74) is 0.0963. The van der Waals surface area contributed by atoms with Crippen LogP contribution in [0, 0.1) is 5.92 Å². The second-order valence-corrected chi connectivity index (χ2v) is 5.34. The standard InChI is InChI=1S/C15H19NO5/c17-12-3-1-2-11(14(12)20)15(21)16-8-6-10(7-9-16)4-5-13(18)19/h1-3,10,17,20H,4-9H2,(H,18,19). The molecule has 0 bridgehead atoms. The lowest BCUT2D eigenvalue weighted by atomic mass is 9.92. The van der Waals surface area contributed by atoms with Crippen molar-refractivity contribution in [2.75, 3.05) is 13.1 Å². The van der Waals surface area contributed by atoms with Crippen LogP contribution in [0.3, 0.4) is 0 Å². The Kier molecular flexibility index (Phi) is 4.67. The summed E-state index contributed by atoms with van der Waals surface area (Å²) in [6, 6.07) is 4.32. The molecule has 0 saturated carbocycles. The van der Waals surface area contributed by atoms with E-state index in [1.165, 1.54) is 18.2 Å². The maximum absolute atomic E-state index is 12.3. The number of nitrogens with zero attached hydrogens (tertiary/aromatic N) is 1. The lowest BCUT2D eigenvalue weighted by molar-refractivity contribution is -0.137. The van der Waals surface area contributed by atoms with E-state index in [4.69, 9.17) is 5.11 Å². The molecular formula is C15H19NO5. The van der Waals surface area contributed by atoms with Gasteiger partial charge in [-0.15, -0.1) is 0 Å². The van der Waals surface area contributed by atoms with E-state index in [1.807, 2.05) is 0 Å². The molecule has 0 spiro atoms. The molecule has 1 amide bonds. The van der Waals surface area contributed by atoms with Gasteiger partial charge in [0.25, 0.3) is 5.91 Å². The van der Waals surface area contributed by atoms with Gasteiger partial charge < -0.3 is 20.2 Å². The highest BCUT2D eigenvalue weighted by Crippen LogP contribution is 2.30. The number of carboxylic acid groups (broad SMARTS) is 1. The van der Waals surface area contributed by atoms with Gasteiger partial charge in [-0.2, -0.15) is 0 Å². The molecule has 1 aromatic rings. The van der Waals surface area contributed by atoms with E-state index in [-0.39, 0.29) is 23.6 Å². The molecule has 1 heterocycles. The summed E-state index contributed by atoms with van der Waals surface area (Å²) in [6.45, 7) is 1.08. The first-order valence-electron chi connectivity index (χ1n) is 7.01. The van der Waals surface area contributed by atoms with Crippen molar-refractivity contribution in [1.29, 1.82) is 0 Å². The third-order valence-electron chi connectivity index (χ3n) is 3.91. The van der Waals surface area contributed by atoms with Crippen LogP contribution in [0.1, 0.15) is 36.0 Å². The molecule has 6 nitrogen and oxygen atoms in total. The molecular weight excluding hydrogens is 274 g/mol. The van der Waals surface area contributed by atoms with E-state index in [0.717, 1.165) is 12.8 Å². The van der Waals surface area contributed by atoms with Crippen molar-refractivity contribution in [3.63, 3.8) is 0 Å². The monoisotopic (exact) mass is 293 g/mol. The molecule has 114 valence electrons. The van der Waals surface area contributed by atoms with Gasteiger partial charge in [0, 0.05) is 19.5 Å². The number of amides is 1. The van der Waals surface area contributed by atoms with Gasteiger partial charge in [-0.05, 0) is 37.3 Å². The summed E-state index contributed by atoms with van der Waals surface area (Å²) in [7, 11) is 0. The predicted molar refractivity (Wildman–Crippen MR) is 75.3 cm³/mol. The van der Waals surface area contributed by atoms with E-state index in [2.05, 4.69) is 0 Å². The summed E-state index contributed by atoms with van der Waals surface area (Å²) < 4.78 is 0. The molecule has 1 aliphatic heterocycles. The number of carboxylic acids is 1. The van der Waals surface area contributed by atoms with Gasteiger partial charge in [-0.1, -0.05) is 6.07 Å². The molecule has 1 fully saturated rings. The zero-order valence-corrected chi connectivity index (χ0v) is 11.7. The number of aromatic hydroxyl groups is 2. The highest BCUT2D eigenvalue weighted by Gasteiger charge is 2.26. The van der Waals surface area contributed by atoms with Crippen LogP contribution in [-0.2, 0) is 4.79 Å². The fraction of sp³-hybridized carbons (Fsp3) is 0.467. The molecule has 1 aliphatic rings. The first kappa shape index (κ1) is 15.2.